The monoisotopic (exact) mass is 328 g/mol. The molecule has 2 aliphatic heterocycles. The quantitative estimate of drug-likeness (QED) is 0.870. The van der Waals surface area contributed by atoms with Gasteiger partial charge in [0, 0.05) is 25.7 Å². The number of nitrogens with one attached hydrogen (secondary N) is 1. The molecule has 0 saturated carbocycles. The lowest BCUT2D eigenvalue weighted by Crippen LogP contribution is -2.53. The Kier molecular flexibility index (Phi) is 4.34. The zero-order chi connectivity index (χ0) is 17.3. The van der Waals surface area contributed by atoms with Crippen LogP contribution >= 0.6 is 0 Å². The molecule has 2 atom stereocenters. The predicted molar refractivity (Wildman–Crippen MR) is 87.1 cm³/mol. The van der Waals surface area contributed by atoms with Crippen molar-refractivity contribution in [2.45, 2.75) is 32.2 Å². The zero-order valence-corrected chi connectivity index (χ0v) is 13.8. The number of carbonyl (C=O) groups is 2. The summed E-state index contributed by atoms with van der Waals surface area (Å²) >= 11 is 0. The number of carbonyl (C=O) groups excluding carboxylic acids is 2. The molecule has 1 saturated heterocycles. The summed E-state index contributed by atoms with van der Waals surface area (Å²) < 4.78 is 0. The van der Waals surface area contributed by atoms with Crippen LogP contribution in [0.2, 0.25) is 0 Å². The molecule has 0 spiro atoms. The van der Waals surface area contributed by atoms with Crippen LogP contribution in [0.5, 0.6) is 0 Å². The van der Waals surface area contributed by atoms with Crippen LogP contribution in [0.15, 0.2) is 6.33 Å². The summed E-state index contributed by atoms with van der Waals surface area (Å²) in [5.74, 6) is 1.45. The molecule has 1 aromatic rings. The highest BCUT2D eigenvalue weighted by Gasteiger charge is 2.34. The Bertz CT molecular complexity index is 713. The summed E-state index contributed by atoms with van der Waals surface area (Å²) in [5, 5.41) is 11.5. The fraction of sp³-hybridized carbons (Fsp3) is 0.562. The number of hydrogen-bond donors (Lipinski definition) is 1. The minimum atomic E-state index is -0.132. The van der Waals surface area contributed by atoms with Crippen molar-refractivity contribution in [1.82, 2.24) is 14.9 Å². The van der Waals surface area contributed by atoms with E-state index in [-0.39, 0.29) is 30.7 Å². The van der Waals surface area contributed by atoms with Crippen LogP contribution < -0.4 is 10.2 Å². The maximum absolute atomic E-state index is 12.0. The molecular weight excluding hydrogens is 308 g/mol. The third kappa shape index (κ3) is 2.89. The summed E-state index contributed by atoms with van der Waals surface area (Å²) in [5.41, 5.74) is 0.803. The summed E-state index contributed by atoms with van der Waals surface area (Å²) in [6, 6.07) is 2.00. The van der Waals surface area contributed by atoms with E-state index < -0.39 is 0 Å². The Balaban J connectivity index is 1.83. The van der Waals surface area contributed by atoms with E-state index in [0.717, 1.165) is 17.8 Å². The molecule has 1 aromatic heterocycles. The van der Waals surface area contributed by atoms with E-state index in [1.165, 1.54) is 6.33 Å². The van der Waals surface area contributed by atoms with Gasteiger partial charge in [0.15, 0.2) is 0 Å². The van der Waals surface area contributed by atoms with Crippen LogP contribution in [0.4, 0.5) is 11.6 Å². The second kappa shape index (κ2) is 6.43. The second-order valence-electron chi connectivity index (χ2n) is 6.37. The highest BCUT2D eigenvalue weighted by atomic mass is 16.2. The number of likely N-dealkylation sites (N-methyl/N-ethyl adjacent to an activating group) is 1. The standard InChI is InChI=1S/C16H20N6O2/c1-10-4-6-22(14(24)3-5-17)8-12(10)21(2)16-11-7-13(23)20-15(11)18-9-19-16/h9-10,12H,3-4,6-8H2,1-2H3,(H,18,19,20,23)/t10-,12+/m1/s1. The van der Waals surface area contributed by atoms with Gasteiger partial charge in [-0.15, -0.1) is 0 Å². The molecule has 126 valence electrons. The van der Waals surface area contributed by atoms with Gasteiger partial charge in [0.1, 0.15) is 24.4 Å². The summed E-state index contributed by atoms with van der Waals surface area (Å²) in [7, 11) is 1.94. The van der Waals surface area contributed by atoms with Gasteiger partial charge < -0.3 is 15.1 Å². The lowest BCUT2D eigenvalue weighted by molar-refractivity contribution is -0.131. The lowest BCUT2D eigenvalue weighted by atomic mass is 9.92. The van der Waals surface area contributed by atoms with Crippen LogP contribution in [-0.4, -0.2) is 52.9 Å². The minimum absolute atomic E-state index is 0.0797. The zero-order valence-electron chi connectivity index (χ0n) is 13.8. The van der Waals surface area contributed by atoms with E-state index in [1.807, 2.05) is 18.0 Å². The third-order valence-electron chi connectivity index (χ3n) is 4.85. The van der Waals surface area contributed by atoms with Gasteiger partial charge >= 0.3 is 0 Å². The maximum atomic E-state index is 12.0. The van der Waals surface area contributed by atoms with Crippen LogP contribution in [0, 0.1) is 17.2 Å². The molecule has 0 bridgehead atoms. The molecule has 1 fully saturated rings. The molecule has 2 amide bonds. The number of hydrogen-bond acceptors (Lipinski definition) is 6. The normalized spacial score (nSPS) is 22.5. The topological polar surface area (TPSA) is 102 Å². The number of nitriles is 1. The molecular formula is C16H20N6O2. The summed E-state index contributed by atoms with van der Waals surface area (Å²) in [6.45, 7) is 3.38. The smallest absolute Gasteiger partial charge is 0.236 e. The van der Waals surface area contributed by atoms with Crippen molar-refractivity contribution in [2.24, 2.45) is 5.92 Å². The number of amides is 2. The first-order valence-electron chi connectivity index (χ1n) is 8.02. The number of fused-ring (bicyclic) bond motifs is 1. The Labute approximate surface area is 140 Å². The van der Waals surface area contributed by atoms with Crippen molar-refractivity contribution >= 4 is 23.5 Å². The van der Waals surface area contributed by atoms with Gasteiger partial charge in [0.05, 0.1) is 18.5 Å². The molecule has 24 heavy (non-hydrogen) atoms. The highest BCUT2D eigenvalue weighted by molar-refractivity contribution is 5.99. The largest absolute Gasteiger partial charge is 0.354 e. The first-order chi connectivity index (χ1) is 11.5. The van der Waals surface area contributed by atoms with Crippen LogP contribution in [0.1, 0.15) is 25.3 Å². The van der Waals surface area contributed by atoms with Crippen LogP contribution in [0.3, 0.4) is 0 Å². The van der Waals surface area contributed by atoms with Gasteiger partial charge in [-0.1, -0.05) is 6.92 Å². The minimum Gasteiger partial charge on any atom is -0.354 e. The number of likely N-dealkylation sites (tertiary alicyclic amines) is 1. The van der Waals surface area contributed by atoms with Crippen molar-refractivity contribution in [3.63, 3.8) is 0 Å². The fourth-order valence-corrected chi connectivity index (χ4v) is 3.43. The molecule has 8 nitrogen and oxygen atoms in total. The van der Waals surface area contributed by atoms with Crippen LogP contribution in [0.25, 0.3) is 0 Å². The fourth-order valence-electron chi connectivity index (χ4n) is 3.43. The van der Waals surface area contributed by atoms with Crippen molar-refractivity contribution in [1.29, 1.82) is 5.26 Å². The van der Waals surface area contributed by atoms with Gasteiger partial charge in [-0.05, 0) is 12.3 Å². The van der Waals surface area contributed by atoms with Gasteiger partial charge in [-0.3, -0.25) is 9.59 Å². The van der Waals surface area contributed by atoms with Crippen molar-refractivity contribution in [3.8, 4) is 6.07 Å². The van der Waals surface area contributed by atoms with E-state index in [2.05, 4.69) is 22.2 Å². The Hall–Kier alpha value is -2.69. The Morgan fingerprint density at radius 1 is 1.54 bits per heavy atom. The third-order valence-corrected chi connectivity index (χ3v) is 4.85. The molecule has 0 aliphatic carbocycles. The Morgan fingerprint density at radius 2 is 2.33 bits per heavy atom. The molecule has 0 aromatic carbocycles. The van der Waals surface area contributed by atoms with E-state index in [9.17, 15) is 9.59 Å². The number of piperidine rings is 1. The van der Waals surface area contributed by atoms with E-state index in [1.54, 1.807) is 4.90 Å². The highest BCUT2D eigenvalue weighted by Crippen LogP contribution is 2.32. The predicted octanol–water partition coefficient (Wildman–Crippen LogP) is 0.558. The van der Waals surface area contributed by atoms with E-state index in [4.69, 9.17) is 5.26 Å². The summed E-state index contributed by atoms with van der Waals surface area (Å²) in [6.07, 6.45) is 2.50. The van der Waals surface area contributed by atoms with Crippen molar-refractivity contribution in [2.75, 3.05) is 30.4 Å². The maximum Gasteiger partial charge on any atom is 0.236 e. The van der Waals surface area contributed by atoms with E-state index in [0.29, 0.717) is 24.8 Å². The summed E-state index contributed by atoms with van der Waals surface area (Å²) in [4.78, 5) is 36.0. The molecule has 1 N–H and O–H groups in total. The SMILES string of the molecule is C[C@@H]1CCN(C(=O)CC#N)C[C@@H]1N(C)c1ncnc2c1CC(=O)N2. The van der Waals surface area contributed by atoms with Crippen molar-refractivity contribution in [3.05, 3.63) is 11.9 Å². The molecule has 3 heterocycles. The van der Waals surface area contributed by atoms with Gasteiger partial charge in [-0.25, -0.2) is 9.97 Å². The number of rotatable bonds is 3. The number of nitrogens with zero attached hydrogens (tertiary/aromatic N) is 5. The number of anilines is 2. The first-order valence-corrected chi connectivity index (χ1v) is 8.02. The average Bonchev–Trinajstić information content (AvgIpc) is 2.95. The molecule has 8 heteroatoms. The van der Waals surface area contributed by atoms with Crippen LogP contribution in [-0.2, 0) is 16.0 Å². The van der Waals surface area contributed by atoms with Crippen molar-refractivity contribution < 1.29 is 9.59 Å². The molecule has 3 rings (SSSR count). The van der Waals surface area contributed by atoms with E-state index >= 15 is 0 Å². The molecule has 0 radical (unpaired) electrons. The Morgan fingerprint density at radius 3 is 3.08 bits per heavy atom. The number of aromatic nitrogens is 2. The van der Waals surface area contributed by atoms with Gasteiger partial charge in [-0.2, -0.15) is 5.26 Å². The second-order valence-corrected chi connectivity index (χ2v) is 6.37. The van der Waals surface area contributed by atoms with Gasteiger partial charge in [0.25, 0.3) is 0 Å². The lowest BCUT2D eigenvalue weighted by Gasteiger charge is -2.42. The molecule has 2 aliphatic rings. The first kappa shape index (κ1) is 16.2. The molecule has 0 unspecified atom stereocenters. The van der Waals surface area contributed by atoms with Gasteiger partial charge in [0.2, 0.25) is 11.8 Å². The average molecular weight is 328 g/mol.